The SMILES string of the molecule is COc1cccc(Cn2cncc2-c2ccc(N)nc2)c1. The summed E-state index contributed by atoms with van der Waals surface area (Å²) in [5.74, 6) is 1.36. The Kier molecular flexibility index (Phi) is 3.55. The van der Waals surface area contributed by atoms with E-state index in [0.29, 0.717) is 5.82 Å². The Morgan fingerprint density at radius 1 is 1.19 bits per heavy atom. The Morgan fingerprint density at radius 2 is 2.10 bits per heavy atom. The van der Waals surface area contributed by atoms with Crippen LogP contribution in [0.15, 0.2) is 55.1 Å². The predicted molar refractivity (Wildman–Crippen MR) is 82.0 cm³/mol. The molecule has 3 aromatic rings. The Bertz CT molecular complexity index is 734. The molecule has 0 fully saturated rings. The third-order valence-electron chi connectivity index (χ3n) is 3.28. The van der Waals surface area contributed by atoms with Crippen molar-refractivity contribution >= 4 is 5.82 Å². The van der Waals surface area contributed by atoms with Crippen molar-refractivity contribution in [3.8, 4) is 17.0 Å². The van der Waals surface area contributed by atoms with Crippen molar-refractivity contribution in [2.45, 2.75) is 6.54 Å². The van der Waals surface area contributed by atoms with Crippen molar-refractivity contribution in [2.75, 3.05) is 12.8 Å². The molecule has 0 aliphatic carbocycles. The van der Waals surface area contributed by atoms with Crippen LogP contribution in [0.3, 0.4) is 0 Å². The van der Waals surface area contributed by atoms with Crippen LogP contribution < -0.4 is 10.5 Å². The second-order valence-electron chi connectivity index (χ2n) is 4.73. The molecule has 0 saturated carbocycles. The number of ether oxygens (including phenoxy) is 1. The van der Waals surface area contributed by atoms with Gasteiger partial charge in [-0.05, 0) is 29.8 Å². The van der Waals surface area contributed by atoms with E-state index < -0.39 is 0 Å². The average molecular weight is 280 g/mol. The molecule has 3 rings (SSSR count). The summed E-state index contributed by atoms with van der Waals surface area (Å²) in [5.41, 5.74) is 8.77. The Labute approximate surface area is 123 Å². The fraction of sp³-hybridized carbons (Fsp3) is 0.125. The highest BCUT2D eigenvalue weighted by Crippen LogP contribution is 2.21. The number of pyridine rings is 1. The Balaban J connectivity index is 1.90. The van der Waals surface area contributed by atoms with E-state index in [-0.39, 0.29) is 0 Å². The van der Waals surface area contributed by atoms with Gasteiger partial charge in [-0.3, -0.25) is 0 Å². The maximum Gasteiger partial charge on any atom is 0.123 e. The van der Waals surface area contributed by atoms with Crippen LogP contribution in [0.2, 0.25) is 0 Å². The van der Waals surface area contributed by atoms with E-state index in [0.717, 1.165) is 29.1 Å². The summed E-state index contributed by atoms with van der Waals surface area (Å²) in [6.45, 7) is 0.719. The zero-order valence-electron chi connectivity index (χ0n) is 11.7. The third-order valence-corrected chi connectivity index (χ3v) is 3.28. The van der Waals surface area contributed by atoms with Crippen LogP contribution in [0.5, 0.6) is 5.75 Å². The summed E-state index contributed by atoms with van der Waals surface area (Å²) < 4.78 is 7.32. The molecule has 0 aliphatic rings. The van der Waals surface area contributed by atoms with Gasteiger partial charge in [0, 0.05) is 18.3 Å². The first-order valence-corrected chi connectivity index (χ1v) is 6.61. The molecule has 1 aromatic carbocycles. The number of nitrogen functional groups attached to an aromatic ring is 1. The van der Waals surface area contributed by atoms with Crippen molar-refractivity contribution < 1.29 is 4.74 Å². The van der Waals surface area contributed by atoms with Crippen molar-refractivity contribution in [2.24, 2.45) is 0 Å². The number of hydrogen-bond donors (Lipinski definition) is 1. The highest BCUT2D eigenvalue weighted by Gasteiger charge is 2.06. The van der Waals surface area contributed by atoms with Crippen LogP contribution in [0.1, 0.15) is 5.56 Å². The zero-order valence-corrected chi connectivity index (χ0v) is 11.7. The summed E-state index contributed by atoms with van der Waals surface area (Å²) in [7, 11) is 1.67. The topological polar surface area (TPSA) is 66.0 Å². The van der Waals surface area contributed by atoms with E-state index in [4.69, 9.17) is 10.5 Å². The van der Waals surface area contributed by atoms with E-state index in [2.05, 4.69) is 20.6 Å². The zero-order chi connectivity index (χ0) is 14.7. The molecular formula is C16H16N4O. The molecule has 5 heteroatoms. The maximum absolute atomic E-state index is 5.63. The van der Waals surface area contributed by atoms with E-state index in [1.54, 1.807) is 19.4 Å². The number of nitrogens with zero attached hydrogens (tertiary/aromatic N) is 3. The lowest BCUT2D eigenvalue weighted by Gasteiger charge is -2.09. The number of aromatic nitrogens is 3. The highest BCUT2D eigenvalue weighted by atomic mass is 16.5. The second kappa shape index (κ2) is 5.66. The molecule has 2 N–H and O–H groups in total. The van der Waals surface area contributed by atoms with E-state index in [1.165, 1.54) is 0 Å². The first kappa shape index (κ1) is 13.2. The number of imidazole rings is 1. The number of anilines is 1. The van der Waals surface area contributed by atoms with Crippen LogP contribution in [0.25, 0.3) is 11.3 Å². The van der Waals surface area contributed by atoms with Gasteiger partial charge in [0.15, 0.2) is 0 Å². The van der Waals surface area contributed by atoms with Gasteiger partial charge in [0.25, 0.3) is 0 Å². The molecule has 0 amide bonds. The average Bonchev–Trinajstić information content (AvgIpc) is 2.96. The van der Waals surface area contributed by atoms with Crippen molar-refractivity contribution in [3.05, 3.63) is 60.7 Å². The minimum atomic E-state index is 0.512. The lowest BCUT2D eigenvalue weighted by molar-refractivity contribution is 0.414. The van der Waals surface area contributed by atoms with Gasteiger partial charge in [-0.2, -0.15) is 0 Å². The monoisotopic (exact) mass is 280 g/mol. The molecule has 0 radical (unpaired) electrons. The molecule has 0 saturated heterocycles. The van der Waals surface area contributed by atoms with Gasteiger partial charge in [0.2, 0.25) is 0 Å². The van der Waals surface area contributed by atoms with Gasteiger partial charge < -0.3 is 15.0 Å². The lowest BCUT2D eigenvalue weighted by atomic mass is 10.2. The largest absolute Gasteiger partial charge is 0.497 e. The minimum absolute atomic E-state index is 0.512. The summed E-state index contributed by atoms with van der Waals surface area (Å²) in [6.07, 6.45) is 5.40. The molecule has 2 aromatic heterocycles. The van der Waals surface area contributed by atoms with Gasteiger partial charge in [-0.15, -0.1) is 0 Å². The Morgan fingerprint density at radius 3 is 2.86 bits per heavy atom. The third kappa shape index (κ3) is 2.86. The number of nitrogens with two attached hydrogens (primary N) is 1. The maximum atomic E-state index is 5.63. The molecule has 5 nitrogen and oxygen atoms in total. The number of benzene rings is 1. The van der Waals surface area contributed by atoms with Gasteiger partial charge in [0.05, 0.1) is 25.3 Å². The van der Waals surface area contributed by atoms with Crippen LogP contribution >= 0.6 is 0 Å². The molecule has 21 heavy (non-hydrogen) atoms. The second-order valence-corrected chi connectivity index (χ2v) is 4.73. The molecule has 0 bridgehead atoms. The summed E-state index contributed by atoms with van der Waals surface area (Å²) in [5, 5.41) is 0. The molecule has 0 spiro atoms. The molecule has 0 atom stereocenters. The molecule has 2 heterocycles. The van der Waals surface area contributed by atoms with Crippen molar-refractivity contribution in [3.63, 3.8) is 0 Å². The summed E-state index contributed by atoms with van der Waals surface area (Å²) in [6, 6.07) is 11.7. The molecule has 106 valence electrons. The quantitative estimate of drug-likeness (QED) is 0.797. The number of hydrogen-bond acceptors (Lipinski definition) is 4. The van der Waals surface area contributed by atoms with Crippen LogP contribution in [0, 0.1) is 0 Å². The predicted octanol–water partition coefficient (Wildman–Crippen LogP) is 2.58. The Hall–Kier alpha value is -2.82. The van der Waals surface area contributed by atoms with Gasteiger partial charge >= 0.3 is 0 Å². The molecule has 0 aliphatic heterocycles. The van der Waals surface area contributed by atoms with Crippen LogP contribution in [0.4, 0.5) is 5.82 Å². The lowest BCUT2D eigenvalue weighted by Crippen LogP contribution is -2.01. The first-order chi connectivity index (χ1) is 10.3. The number of methoxy groups -OCH3 is 1. The fourth-order valence-electron chi connectivity index (χ4n) is 2.21. The smallest absolute Gasteiger partial charge is 0.123 e. The number of rotatable bonds is 4. The highest BCUT2D eigenvalue weighted by molar-refractivity contribution is 5.59. The van der Waals surface area contributed by atoms with Gasteiger partial charge in [-0.1, -0.05) is 12.1 Å². The normalized spacial score (nSPS) is 10.5. The van der Waals surface area contributed by atoms with E-state index >= 15 is 0 Å². The standard InChI is InChI=1S/C16H16N4O/c1-21-14-4-2-3-12(7-14)10-20-11-18-9-15(20)13-5-6-16(17)19-8-13/h2-9,11H,10H2,1H3,(H2,17,19). The van der Waals surface area contributed by atoms with E-state index in [9.17, 15) is 0 Å². The van der Waals surface area contributed by atoms with Gasteiger partial charge in [0.1, 0.15) is 11.6 Å². The molecule has 0 unspecified atom stereocenters. The van der Waals surface area contributed by atoms with Crippen molar-refractivity contribution in [1.82, 2.24) is 14.5 Å². The van der Waals surface area contributed by atoms with Crippen molar-refractivity contribution in [1.29, 1.82) is 0 Å². The van der Waals surface area contributed by atoms with Crippen LogP contribution in [-0.4, -0.2) is 21.6 Å². The first-order valence-electron chi connectivity index (χ1n) is 6.61. The van der Waals surface area contributed by atoms with E-state index in [1.807, 2.05) is 36.8 Å². The summed E-state index contributed by atoms with van der Waals surface area (Å²) >= 11 is 0. The van der Waals surface area contributed by atoms with Gasteiger partial charge in [-0.25, -0.2) is 9.97 Å². The summed E-state index contributed by atoms with van der Waals surface area (Å²) in [4.78, 5) is 8.36. The molecular weight excluding hydrogens is 264 g/mol. The minimum Gasteiger partial charge on any atom is -0.497 e. The fourth-order valence-corrected chi connectivity index (χ4v) is 2.21. The van der Waals surface area contributed by atoms with Crippen LogP contribution in [-0.2, 0) is 6.54 Å².